The molecule has 0 aliphatic carbocycles. The second-order valence-corrected chi connectivity index (χ2v) is 3.37. The Morgan fingerprint density at radius 1 is 1.56 bits per heavy atom. The minimum absolute atomic E-state index is 0. The molecule has 0 saturated heterocycles. The van der Waals surface area contributed by atoms with E-state index in [1.165, 1.54) is 0 Å². The molecule has 0 aromatic heterocycles. The van der Waals surface area contributed by atoms with E-state index in [1.807, 2.05) is 6.26 Å². The van der Waals surface area contributed by atoms with E-state index in [-0.39, 0.29) is 6.15 Å². The van der Waals surface area contributed by atoms with Crippen molar-refractivity contribution in [2.45, 2.75) is 12.5 Å². The van der Waals surface area contributed by atoms with Crippen LogP contribution in [0.4, 0.5) is 0 Å². The van der Waals surface area contributed by atoms with Crippen LogP contribution < -0.4 is 17.4 Å². The molecule has 7 nitrogen and oxygen atoms in total. The normalized spacial score (nSPS) is 10.1. The number of carboxylic acids is 2. The number of hydrogen-bond acceptors (Lipinski definition) is 6. The number of thioether (sulfide) groups is 1. The molecule has 8 N–H and O–H groups in total. The molecule has 1 atom stereocenters. The second-order valence-electron chi connectivity index (χ2n) is 2.38. The average Bonchev–Trinajstić information content (AvgIpc) is 2.19. The summed E-state index contributed by atoms with van der Waals surface area (Å²) in [7, 11) is 0. The number of hydrogen-bond donors (Lipinski definition) is 5. The van der Waals surface area contributed by atoms with Crippen molar-refractivity contribution in [1.29, 1.82) is 0 Å². The lowest BCUT2D eigenvalue weighted by Gasteiger charge is -2.08. The quantitative estimate of drug-likeness (QED) is 0.254. The van der Waals surface area contributed by atoms with Gasteiger partial charge in [-0.05, 0) is 18.4 Å². The molecular weight excluding hydrogens is 234 g/mol. The van der Waals surface area contributed by atoms with Crippen molar-refractivity contribution in [3.05, 3.63) is 12.7 Å². The molecule has 0 aromatic rings. The Kier molecular flexibility index (Phi) is 17.7. The highest BCUT2D eigenvalue weighted by atomic mass is 32.2. The zero-order valence-electron chi connectivity index (χ0n) is 9.18. The van der Waals surface area contributed by atoms with Crippen molar-refractivity contribution in [2.24, 2.45) is 5.84 Å². The second kappa shape index (κ2) is 13.9. The molecule has 0 aliphatic heterocycles. The van der Waals surface area contributed by atoms with Crippen LogP contribution >= 0.6 is 11.8 Å². The lowest BCUT2D eigenvalue weighted by atomic mass is 10.2. The molecule has 0 bridgehead atoms. The van der Waals surface area contributed by atoms with Crippen molar-refractivity contribution in [3.63, 3.8) is 0 Å². The van der Waals surface area contributed by atoms with Crippen LogP contribution in [0.25, 0.3) is 0 Å². The molecule has 0 unspecified atom stereocenters. The summed E-state index contributed by atoms with van der Waals surface area (Å²) in [5.74, 6) is 3.91. The first kappa shape index (κ1) is 20.3. The fourth-order valence-electron chi connectivity index (χ4n) is 0.514. The Morgan fingerprint density at radius 3 is 2.19 bits per heavy atom. The Labute approximate surface area is 98.6 Å². The summed E-state index contributed by atoms with van der Waals surface area (Å²) in [4.78, 5) is 19.5. The van der Waals surface area contributed by atoms with Gasteiger partial charge in [0.15, 0.2) is 0 Å². The van der Waals surface area contributed by atoms with Crippen LogP contribution in [0.3, 0.4) is 0 Å². The number of hydrazine groups is 1. The van der Waals surface area contributed by atoms with E-state index in [4.69, 9.17) is 16.1 Å². The molecule has 0 radical (unpaired) electrons. The van der Waals surface area contributed by atoms with E-state index in [1.54, 1.807) is 11.8 Å². The number of rotatable bonds is 6. The molecule has 0 heterocycles. The first-order chi connectivity index (χ1) is 6.99. The lowest BCUT2D eigenvalue weighted by molar-refractivity contribution is -0.139. The summed E-state index contributed by atoms with van der Waals surface area (Å²) in [5.41, 5.74) is 2.22. The topological polar surface area (TPSA) is 148 Å². The maximum Gasteiger partial charge on any atom is 0.327 e. The van der Waals surface area contributed by atoms with Gasteiger partial charge in [-0.25, -0.2) is 10.2 Å². The van der Waals surface area contributed by atoms with Gasteiger partial charge in [-0.1, -0.05) is 6.58 Å². The van der Waals surface area contributed by atoms with Crippen LogP contribution in [0.5, 0.6) is 0 Å². The standard InChI is InChI=1S/C5H12N2O2S.C3H4O2.H3N/c1-10-3-2-4(7-6)5(8)9;1-2-3(4)5;/h4,7H,2-3,6H2,1H3,(H,8,9);2H,1H2,(H,4,5);1H3/t4-;;/m0../s1. The molecule has 0 aliphatic rings. The largest absolute Gasteiger partial charge is 0.480 e. The summed E-state index contributed by atoms with van der Waals surface area (Å²) in [6.07, 6.45) is 3.32. The highest BCUT2D eigenvalue weighted by Crippen LogP contribution is 1.99. The van der Waals surface area contributed by atoms with Gasteiger partial charge in [0.1, 0.15) is 6.04 Å². The molecule has 16 heavy (non-hydrogen) atoms. The highest BCUT2D eigenvalue weighted by Gasteiger charge is 2.13. The van der Waals surface area contributed by atoms with Crippen LogP contribution in [-0.2, 0) is 9.59 Å². The van der Waals surface area contributed by atoms with Crippen LogP contribution in [0, 0.1) is 0 Å². The van der Waals surface area contributed by atoms with E-state index in [9.17, 15) is 9.59 Å². The Morgan fingerprint density at radius 2 is 2.00 bits per heavy atom. The van der Waals surface area contributed by atoms with Gasteiger partial charge < -0.3 is 16.4 Å². The van der Waals surface area contributed by atoms with Crippen molar-refractivity contribution in [2.75, 3.05) is 12.0 Å². The van der Waals surface area contributed by atoms with Crippen LogP contribution in [0.15, 0.2) is 12.7 Å². The fraction of sp³-hybridized carbons (Fsp3) is 0.500. The zero-order chi connectivity index (χ0) is 12.3. The van der Waals surface area contributed by atoms with E-state index < -0.39 is 18.0 Å². The maximum atomic E-state index is 10.3. The van der Waals surface area contributed by atoms with Gasteiger partial charge in [0.2, 0.25) is 0 Å². The summed E-state index contributed by atoms with van der Waals surface area (Å²) >= 11 is 1.60. The molecule has 0 spiro atoms. The smallest absolute Gasteiger partial charge is 0.327 e. The zero-order valence-corrected chi connectivity index (χ0v) is 10.00. The Balaban J connectivity index is -0.000000242. The van der Waals surface area contributed by atoms with Gasteiger partial charge in [-0.2, -0.15) is 11.8 Å². The fourth-order valence-corrected chi connectivity index (χ4v) is 0.985. The van der Waals surface area contributed by atoms with E-state index in [0.717, 1.165) is 11.8 Å². The predicted molar refractivity (Wildman–Crippen MR) is 64.6 cm³/mol. The van der Waals surface area contributed by atoms with Crippen LogP contribution in [0.1, 0.15) is 6.42 Å². The van der Waals surface area contributed by atoms with Gasteiger partial charge in [-0.3, -0.25) is 10.6 Å². The Bertz CT molecular complexity index is 213. The van der Waals surface area contributed by atoms with Crippen molar-refractivity contribution in [3.8, 4) is 0 Å². The van der Waals surface area contributed by atoms with Gasteiger partial charge in [0, 0.05) is 6.08 Å². The van der Waals surface area contributed by atoms with Crippen LogP contribution in [0.2, 0.25) is 0 Å². The Hall–Kier alpha value is -1.09. The first-order valence-corrected chi connectivity index (χ1v) is 5.42. The summed E-state index contributed by atoms with van der Waals surface area (Å²) in [5, 5.41) is 16.1. The molecule has 8 heteroatoms. The number of nitrogens with one attached hydrogen (secondary N) is 1. The van der Waals surface area contributed by atoms with E-state index in [0.29, 0.717) is 6.42 Å². The molecule has 96 valence electrons. The van der Waals surface area contributed by atoms with E-state index in [2.05, 4.69) is 12.0 Å². The predicted octanol–water partition coefficient (Wildman–Crippen LogP) is 0.0750. The highest BCUT2D eigenvalue weighted by molar-refractivity contribution is 7.98. The molecule has 0 amide bonds. The molecule has 0 saturated carbocycles. The third-order valence-corrected chi connectivity index (χ3v) is 1.93. The average molecular weight is 253 g/mol. The summed E-state index contributed by atoms with van der Waals surface area (Å²) in [6.45, 7) is 2.96. The van der Waals surface area contributed by atoms with Crippen molar-refractivity contribution in [1.82, 2.24) is 11.6 Å². The SMILES string of the molecule is C=CC(=O)O.CSCC[C@H](NN)C(=O)O.N. The molecule has 0 rings (SSSR count). The summed E-state index contributed by atoms with van der Waals surface area (Å²) < 4.78 is 0. The number of aliphatic carboxylic acids is 2. The minimum Gasteiger partial charge on any atom is -0.480 e. The third-order valence-electron chi connectivity index (χ3n) is 1.28. The van der Waals surface area contributed by atoms with Gasteiger partial charge in [0.25, 0.3) is 0 Å². The van der Waals surface area contributed by atoms with Crippen molar-refractivity contribution >= 4 is 23.7 Å². The van der Waals surface area contributed by atoms with E-state index >= 15 is 0 Å². The third kappa shape index (κ3) is 15.4. The minimum atomic E-state index is -0.981. The molecule has 0 fully saturated rings. The van der Waals surface area contributed by atoms with Crippen molar-refractivity contribution < 1.29 is 19.8 Å². The summed E-state index contributed by atoms with van der Waals surface area (Å²) in [6, 6.07) is -0.604. The maximum absolute atomic E-state index is 10.3. The monoisotopic (exact) mass is 253 g/mol. The van der Waals surface area contributed by atoms with Gasteiger partial charge in [-0.15, -0.1) is 0 Å². The van der Waals surface area contributed by atoms with Gasteiger partial charge >= 0.3 is 11.9 Å². The number of carbonyl (C=O) groups is 2. The lowest BCUT2D eigenvalue weighted by Crippen LogP contribution is -2.41. The molecule has 0 aromatic carbocycles. The number of nitrogens with two attached hydrogens (primary N) is 1. The van der Waals surface area contributed by atoms with Gasteiger partial charge in [0.05, 0.1) is 0 Å². The first-order valence-electron chi connectivity index (χ1n) is 4.02. The van der Waals surface area contributed by atoms with Crippen LogP contribution in [-0.4, -0.2) is 40.2 Å². The number of carboxylic acid groups (broad SMARTS) is 2. The molecular formula is C8H19N3O4S.